The highest BCUT2D eigenvalue weighted by Gasteiger charge is 2.33. The van der Waals surface area contributed by atoms with Crippen LogP contribution < -0.4 is 13.8 Å². The molecule has 1 aliphatic rings. The maximum atomic E-state index is 13.4. The van der Waals surface area contributed by atoms with Crippen molar-refractivity contribution < 1.29 is 23.0 Å². The molecule has 0 saturated heterocycles. The minimum atomic E-state index is -4.16. The van der Waals surface area contributed by atoms with Gasteiger partial charge in [0.2, 0.25) is 0 Å². The zero-order valence-electron chi connectivity index (χ0n) is 18.8. The summed E-state index contributed by atoms with van der Waals surface area (Å²) >= 11 is 0. The highest BCUT2D eigenvalue weighted by molar-refractivity contribution is 7.49. The molecular weight excluding hydrogens is 463 g/mol. The fourth-order valence-electron chi connectivity index (χ4n) is 3.11. The van der Waals surface area contributed by atoms with E-state index in [9.17, 15) is 9.83 Å². The predicted molar refractivity (Wildman–Crippen MR) is 134 cm³/mol. The van der Waals surface area contributed by atoms with Gasteiger partial charge in [0.1, 0.15) is 29.0 Å². The zero-order valence-corrected chi connectivity index (χ0v) is 19.7. The Morgan fingerprint density at radius 3 is 1.80 bits per heavy atom. The van der Waals surface area contributed by atoms with Gasteiger partial charge in [-0.25, -0.2) is 0 Å². The van der Waals surface area contributed by atoms with Gasteiger partial charge < -0.3 is 13.8 Å². The number of nitrogens with zero attached hydrogens (tertiary/aromatic N) is 2. The van der Waals surface area contributed by atoms with E-state index < -0.39 is 7.82 Å². The molecule has 0 spiro atoms. The van der Waals surface area contributed by atoms with Crippen molar-refractivity contribution in [2.45, 2.75) is 0 Å². The van der Waals surface area contributed by atoms with Gasteiger partial charge in [-0.05, 0) is 71.8 Å². The van der Waals surface area contributed by atoms with Crippen LogP contribution in [0.2, 0.25) is 0 Å². The van der Waals surface area contributed by atoms with Crippen LogP contribution in [0.15, 0.2) is 120 Å². The summed E-state index contributed by atoms with van der Waals surface area (Å²) in [6.07, 6.45) is 6.75. The summed E-state index contributed by atoms with van der Waals surface area (Å²) in [7, 11) is -2.57. The van der Waals surface area contributed by atoms with E-state index in [1.165, 1.54) is 0 Å². The van der Waals surface area contributed by atoms with E-state index in [0.29, 0.717) is 34.1 Å². The third-order valence-electron chi connectivity index (χ3n) is 4.81. The highest BCUT2D eigenvalue weighted by Crippen LogP contribution is 2.50. The van der Waals surface area contributed by atoms with Gasteiger partial charge in [-0.2, -0.15) is 9.83 Å². The average Bonchev–Trinajstić information content (AvgIpc) is 2.90. The van der Waals surface area contributed by atoms with Gasteiger partial charge >= 0.3 is 7.82 Å². The van der Waals surface area contributed by atoms with Crippen molar-refractivity contribution in [1.82, 2.24) is 0 Å². The zero-order chi connectivity index (χ0) is 24.5. The number of oxime groups is 1. The van der Waals surface area contributed by atoms with Crippen LogP contribution in [0.5, 0.6) is 17.2 Å². The quantitative estimate of drug-likeness (QED) is 0.200. The first-order valence-corrected chi connectivity index (χ1v) is 12.1. The molecule has 0 unspecified atom stereocenters. The summed E-state index contributed by atoms with van der Waals surface area (Å²) in [5.74, 6) is 1.33. The maximum absolute atomic E-state index is 13.4. The minimum Gasteiger partial charge on any atom is -0.497 e. The summed E-state index contributed by atoms with van der Waals surface area (Å²) in [5.41, 5.74) is 2.31. The molecule has 0 radical (unpaired) electrons. The van der Waals surface area contributed by atoms with E-state index in [2.05, 4.69) is 11.2 Å². The van der Waals surface area contributed by atoms with Gasteiger partial charge in [-0.1, -0.05) is 53.7 Å². The van der Waals surface area contributed by atoms with Gasteiger partial charge in [0, 0.05) is 0 Å². The molecule has 3 aromatic carbocycles. The number of phosphoric acid groups is 1. The van der Waals surface area contributed by atoms with Gasteiger partial charge in [0.25, 0.3) is 0 Å². The predicted octanol–water partition coefficient (Wildman–Crippen LogP) is 6.74. The van der Waals surface area contributed by atoms with Crippen molar-refractivity contribution in [3.8, 4) is 23.3 Å². The molecule has 0 aromatic heterocycles. The van der Waals surface area contributed by atoms with Crippen molar-refractivity contribution in [3.05, 3.63) is 120 Å². The van der Waals surface area contributed by atoms with E-state index in [1.807, 2.05) is 12.1 Å². The molecule has 0 amide bonds. The monoisotopic (exact) mass is 484 g/mol. The number of allylic oxidation sites excluding steroid dienone is 6. The Labute approximate surface area is 203 Å². The van der Waals surface area contributed by atoms with Crippen LogP contribution in [0.3, 0.4) is 0 Å². The lowest BCUT2D eigenvalue weighted by Gasteiger charge is -2.16. The number of ether oxygens (including phenoxy) is 1. The first kappa shape index (κ1) is 23.6. The van der Waals surface area contributed by atoms with Crippen LogP contribution in [0, 0.1) is 11.3 Å². The van der Waals surface area contributed by atoms with Gasteiger partial charge in [-0.15, -0.1) is 0 Å². The molecule has 0 bridgehead atoms. The van der Waals surface area contributed by atoms with Gasteiger partial charge in [0.15, 0.2) is 0 Å². The Hall–Kier alpha value is -4.53. The van der Waals surface area contributed by atoms with E-state index in [1.54, 1.807) is 104 Å². The SMILES string of the molecule is COc1ccc(C(C#N)=C2C=CC(=NOP(=O)(Oc3ccccc3)Oc3ccccc3)C=C2)cc1. The number of benzene rings is 3. The number of phosphoric ester groups is 1. The standard InChI is InChI=1S/C27H21N2O5P/c1-31-24-18-14-22(15-19-24)27(20-28)21-12-16-23(17-13-21)29-34-35(30,32-25-8-4-2-5-9-25)33-26-10-6-3-7-11-26/h2-19H,1H3. The topological polar surface area (TPSA) is 90.1 Å². The summed E-state index contributed by atoms with van der Waals surface area (Å²) in [4.78, 5) is 0. The fourth-order valence-corrected chi connectivity index (χ4v) is 4.17. The number of methoxy groups -OCH3 is 1. The number of hydrogen-bond donors (Lipinski definition) is 0. The van der Waals surface area contributed by atoms with E-state index in [0.717, 1.165) is 5.56 Å². The van der Waals surface area contributed by atoms with Crippen LogP contribution in [-0.4, -0.2) is 12.8 Å². The molecule has 0 saturated carbocycles. The normalized spacial score (nSPS) is 12.5. The molecule has 8 heteroatoms. The summed E-state index contributed by atoms with van der Waals surface area (Å²) in [6, 6.07) is 26.6. The molecule has 4 rings (SSSR count). The number of rotatable bonds is 8. The Balaban J connectivity index is 1.54. The third-order valence-corrected chi connectivity index (χ3v) is 5.96. The lowest BCUT2D eigenvalue weighted by atomic mass is 9.97. The van der Waals surface area contributed by atoms with E-state index >= 15 is 0 Å². The molecule has 1 aliphatic carbocycles. The van der Waals surface area contributed by atoms with Gasteiger partial charge in [-0.3, -0.25) is 4.62 Å². The molecule has 3 aromatic rings. The van der Waals surface area contributed by atoms with Crippen LogP contribution in [0.25, 0.3) is 5.57 Å². The highest BCUT2D eigenvalue weighted by atomic mass is 31.2. The molecule has 35 heavy (non-hydrogen) atoms. The largest absolute Gasteiger partial charge is 0.668 e. The number of nitriles is 1. The first-order chi connectivity index (χ1) is 17.1. The van der Waals surface area contributed by atoms with Crippen molar-refractivity contribution in [3.63, 3.8) is 0 Å². The molecule has 0 N–H and O–H groups in total. The fraction of sp³-hybridized carbons (Fsp3) is 0.0370. The summed E-state index contributed by atoms with van der Waals surface area (Å²) in [5, 5.41) is 13.7. The van der Waals surface area contributed by atoms with Crippen molar-refractivity contribution >= 4 is 19.1 Å². The third kappa shape index (κ3) is 6.29. The molecule has 174 valence electrons. The first-order valence-electron chi connectivity index (χ1n) is 10.6. The second kappa shape index (κ2) is 11.1. The maximum Gasteiger partial charge on any atom is 0.668 e. The van der Waals surface area contributed by atoms with Crippen LogP contribution in [0.1, 0.15) is 5.56 Å². The van der Waals surface area contributed by atoms with Crippen LogP contribution in [-0.2, 0) is 9.19 Å². The Bertz CT molecular complexity index is 1310. The van der Waals surface area contributed by atoms with Crippen molar-refractivity contribution in [2.24, 2.45) is 5.16 Å². The Kier molecular flexibility index (Phi) is 7.47. The second-order valence-corrected chi connectivity index (χ2v) is 8.61. The van der Waals surface area contributed by atoms with Gasteiger partial charge in [0.05, 0.1) is 12.7 Å². The molecule has 0 heterocycles. The molecule has 0 aliphatic heterocycles. The summed E-state index contributed by atoms with van der Waals surface area (Å²) < 4.78 is 34.9. The Morgan fingerprint density at radius 2 is 1.31 bits per heavy atom. The lowest BCUT2D eigenvalue weighted by molar-refractivity contribution is 0.218. The minimum absolute atomic E-state index is 0.310. The molecule has 0 atom stereocenters. The molecule has 0 fully saturated rings. The smallest absolute Gasteiger partial charge is 0.497 e. The Morgan fingerprint density at radius 1 is 0.771 bits per heavy atom. The average molecular weight is 484 g/mol. The lowest BCUT2D eigenvalue weighted by Crippen LogP contribution is -2.04. The van der Waals surface area contributed by atoms with E-state index in [-0.39, 0.29) is 0 Å². The second-order valence-electron chi connectivity index (χ2n) is 7.19. The summed E-state index contributed by atoms with van der Waals surface area (Å²) in [6.45, 7) is 0. The van der Waals surface area contributed by atoms with Crippen molar-refractivity contribution in [2.75, 3.05) is 7.11 Å². The molecule has 7 nitrogen and oxygen atoms in total. The van der Waals surface area contributed by atoms with Crippen LogP contribution >= 0.6 is 7.82 Å². The number of hydrogen-bond acceptors (Lipinski definition) is 7. The molecular formula is C27H21N2O5P. The number of para-hydroxylation sites is 2. The van der Waals surface area contributed by atoms with Crippen LogP contribution in [0.4, 0.5) is 0 Å². The van der Waals surface area contributed by atoms with E-state index in [4.69, 9.17) is 18.4 Å². The van der Waals surface area contributed by atoms with Crippen molar-refractivity contribution in [1.29, 1.82) is 5.26 Å².